The summed E-state index contributed by atoms with van der Waals surface area (Å²) in [6.07, 6.45) is -0.530. The molecule has 6 aromatic rings. The summed E-state index contributed by atoms with van der Waals surface area (Å²) in [5.74, 6) is -0.281. The van der Waals surface area contributed by atoms with E-state index in [0.29, 0.717) is 49.5 Å². The molecular weight excluding hydrogens is 950 g/mol. The van der Waals surface area contributed by atoms with E-state index < -0.39 is 40.1 Å². The number of nitrogens with one attached hydrogen (secondary N) is 1. The number of aromatic nitrogens is 1. The lowest BCUT2D eigenvalue weighted by atomic mass is 9.93. The molecule has 0 fully saturated rings. The molecule has 0 bridgehead atoms. The maximum Gasteiger partial charge on any atom is 0.328 e. The van der Waals surface area contributed by atoms with Gasteiger partial charge in [-0.1, -0.05) is 89.1 Å². The van der Waals surface area contributed by atoms with Crippen molar-refractivity contribution >= 4 is 67.5 Å². The van der Waals surface area contributed by atoms with Crippen molar-refractivity contribution in [2.24, 2.45) is 0 Å². The molecular formula is C50H45Cl2N5O9S2. The average Bonchev–Trinajstić information content (AvgIpc) is 3.74. The van der Waals surface area contributed by atoms with E-state index in [2.05, 4.69) is 16.4 Å². The van der Waals surface area contributed by atoms with Crippen molar-refractivity contribution in [3.63, 3.8) is 0 Å². The van der Waals surface area contributed by atoms with Crippen LogP contribution in [0.4, 0.5) is 5.13 Å². The summed E-state index contributed by atoms with van der Waals surface area (Å²) in [6.45, 7) is 5.18. The van der Waals surface area contributed by atoms with Gasteiger partial charge >= 0.3 is 5.97 Å². The average molecular weight is 995 g/mol. The molecule has 8 rings (SSSR count). The molecule has 1 aromatic heterocycles. The molecule has 3 atom stereocenters. The third-order valence-corrected chi connectivity index (χ3v) is 16.1. The highest BCUT2D eigenvalue weighted by Gasteiger charge is 2.43. The number of rotatable bonds is 14. The van der Waals surface area contributed by atoms with Crippen LogP contribution in [0.15, 0.2) is 107 Å². The SMILES string of the molecule is CCN(C(C)=O)c1nc(C)c(S(=O)(=O)N2Cc3cc4c(cc3CC2C(=O)NC(Cc2ccc(-c3ccc(C#N)cc3)cc2)C(=O)OC)OCC(c2ccc(OCc3ccc(Cl)c(Cl)c3)cc2)O4)s1. The second-order valence-corrected chi connectivity index (χ2v) is 20.0. The minimum absolute atomic E-state index is 0.0473. The number of aryl methyl sites for hydroxylation is 1. The van der Waals surface area contributed by atoms with Crippen LogP contribution in [0.3, 0.4) is 0 Å². The summed E-state index contributed by atoms with van der Waals surface area (Å²) >= 11 is 13.1. The lowest BCUT2D eigenvalue weighted by Gasteiger charge is -2.36. The number of hydrogen-bond acceptors (Lipinski definition) is 12. The number of benzene rings is 5. The standard InChI is InChI=1S/C50H45Cl2N5O9S2/c1-5-56(30(3)58)50-54-29(2)49(67-50)68(61,62)57-26-38-24-45-44(65-28-46(66-45)36-15-17-39(18-16-36)64-27-33-10-19-40(51)41(52)20-33)23-37(38)22-43(57)47(59)55-42(48(60)63-4)21-31-6-11-34(12-7-31)35-13-8-32(25-53)9-14-35/h6-20,23-24,42-43,46H,5,21-22,26-28H2,1-4H3,(H,55,59). The van der Waals surface area contributed by atoms with Crippen molar-refractivity contribution in [1.82, 2.24) is 14.6 Å². The number of hydrogen-bond donors (Lipinski definition) is 1. The number of carbonyl (C=O) groups excluding carboxylic acids is 3. The molecule has 2 aliphatic heterocycles. The lowest BCUT2D eigenvalue weighted by molar-refractivity contribution is -0.145. The Bertz CT molecular complexity index is 3030. The summed E-state index contributed by atoms with van der Waals surface area (Å²) in [7, 11) is -3.26. The number of halogens is 2. The fourth-order valence-corrected chi connectivity index (χ4v) is 11.7. The second-order valence-electron chi connectivity index (χ2n) is 16.2. The maximum absolute atomic E-state index is 14.9. The number of anilines is 1. The predicted octanol–water partition coefficient (Wildman–Crippen LogP) is 8.78. The van der Waals surface area contributed by atoms with E-state index in [1.807, 2.05) is 66.7 Å². The molecule has 0 aliphatic carbocycles. The molecule has 3 heterocycles. The van der Waals surface area contributed by atoms with Crippen molar-refractivity contribution in [2.45, 2.75) is 69.2 Å². The van der Waals surface area contributed by atoms with Crippen LogP contribution in [0.2, 0.25) is 10.0 Å². The van der Waals surface area contributed by atoms with Gasteiger partial charge in [-0.15, -0.1) is 0 Å². The summed E-state index contributed by atoms with van der Waals surface area (Å²) in [5.41, 5.74) is 6.12. The number of ether oxygens (including phenoxy) is 4. The molecule has 3 unspecified atom stereocenters. The van der Waals surface area contributed by atoms with Crippen molar-refractivity contribution in [3.05, 3.63) is 152 Å². The van der Waals surface area contributed by atoms with Gasteiger partial charge in [0, 0.05) is 26.4 Å². The van der Waals surface area contributed by atoms with Gasteiger partial charge in [-0.05, 0) is 108 Å². The van der Waals surface area contributed by atoms with E-state index in [4.69, 9.17) is 42.1 Å². The van der Waals surface area contributed by atoms with Gasteiger partial charge < -0.3 is 24.3 Å². The highest BCUT2D eigenvalue weighted by atomic mass is 35.5. The molecule has 0 spiro atoms. The number of amides is 2. The molecule has 14 nitrogen and oxygen atoms in total. The molecule has 0 saturated heterocycles. The van der Waals surface area contributed by atoms with Crippen LogP contribution in [-0.2, 0) is 55.1 Å². The van der Waals surface area contributed by atoms with Gasteiger partial charge in [-0.2, -0.15) is 9.57 Å². The van der Waals surface area contributed by atoms with E-state index in [9.17, 15) is 28.1 Å². The summed E-state index contributed by atoms with van der Waals surface area (Å²) in [6, 6.07) is 30.4. The van der Waals surface area contributed by atoms with Crippen molar-refractivity contribution in [1.29, 1.82) is 5.26 Å². The normalized spacial score (nSPS) is 15.9. The molecule has 1 N–H and O–H groups in total. The quantitative estimate of drug-likeness (QED) is 0.103. The van der Waals surface area contributed by atoms with Crippen LogP contribution in [-0.4, -0.2) is 67.8 Å². The first kappa shape index (κ1) is 48.0. The smallest absolute Gasteiger partial charge is 0.328 e. The molecule has 2 amide bonds. The van der Waals surface area contributed by atoms with Crippen molar-refractivity contribution < 1.29 is 41.7 Å². The summed E-state index contributed by atoms with van der Waals surface area (Å²) < 4.78 is 54.6. The Morgan fingerprint density at radius 3 is 2.26 bits per heavy atom. The van der Waals surface area contributed by atoms with Gasteiger partial charge in [-0.3, -0.25) is 14.5 Å². The Hall–Kier alpha value is -6.48. The Balaban J connectivity index is 1.05. The molecule has 68 heavy (non-hydrogen) atoms. The zero-order chi connectivity index (χ0) is 48.3. The number of esters is 1. The van der Waals surface area contributed by atoms with Crippen molar-refractivity contribution in [3.8, 4) is 34.4 Å². The molecule has 0 radical (unpaired) electrons. The van der Waals surface area contributed by atoms with E-state index in [1.54, 1.807) is 50.2 Å². The zero-order valence-electron chi connectivity index (χ0n) is 37.3. The van der Waals surface area contributed by atoms with Gasteiger partial charge in [0.25, 0.3) is 10.0 Å². The van der Waals surface area contributed by atoms with Crippen LogP contribution in [0, 0.1) is 18.3 Å². The maximum atomic E-state index is 14.9. The summed E-state index contributed by atoms with van der Waals surface area (Å²) in [5, 5.41) is 13.1. The van der Waals surface area contributed by atoms with Crippen LogP contribution < -0.4 is 24.4 Å². The third kappa shape index (κ3) is 10.3. The van der Waals surface area contributed by atoms with Crippen LogP contribution in [0.1, 0.15) is 59.0 Å². The minimum atomic E-state index is -4.48. The number of thiazole rings is 1. The molecule has 18 heteroatoms. The monoisotopic (exact) mass is 993 g/mol. The third-order valence-electron chi connectivity index (χ3n) is 11.7. The fraction of sp³-hybridized carbons (Fsp3) is 0.260. The van der Waals surface area contributed by atoms with E-state index in [1.165, 1.54) is 18.9 Å². The Morgan fingerprint density at radius 1 is 0.941 bits per heavy atom. The first-order valence-corrected chi connectivity index (χ1v) is 24.5. The molecule has 5 aromatic carbocycles. The number of nitriles is 1. The van der Waals surface area contributed by atoms with Gasteiger partial charge in [0.1, 0.15) is 31.0 Å². The molecule has 350 valence electrons. The number of sulfonamides is 1. The van der Waals surface area contributed by atoms with Crippen LogP contribution in [0.25, 0.3) is 11.1 Å². The highest BCUT2D eigenvalue weighted by molar-refractivity contribution is 7.91. The van der Waals surface area contributed by atoms with E-state index in [-0.39, 0.29) is 60.1 Å². The highest BCUT2D eigenvalue weighted by Crippen LogP contribution is 2.43. The lowest BCUT2D eigenvalue weighted by Crippen LogP contribution is -2.56. The van der Waals surface area contributed by atoms with Gasteiger partial charge in [-0.25, -0.2) is 18.2 Å². The van der Waals surface area contributed by atoms with Crippen LogP contribution in [0.5, 0.6) is 17.2 Å². The summed E-state index contributed by atoms with van der Waals surface area (Å²) in [4.78, 5) is 46.2. The van der Waals surface area contributed by atoms with Gasteiger partial charge in [0.05, 0.1) is 34.5 Å². The first-order chi connectivity index (χ1) is 32.6. The van der Waals surface area contributed by atoms with Crippen molar-refractivity contribution in [2.75, 3.05) is 25.2 Å². The molecule has 2 aliphatic rings. The van der Waals surface area contributed by atoms with Gasteiger partial charge in [0.15, 0.2) is 26.9 Å². The first-order valence-electron chi connectivity index (χ1n) is 21.5. The number of fused-ring (bicyclic) bond motifs is 2. The van der Waals surface area contributed by atoms with E-state index >= 15 is 0 Å². The Kier molecular flexibility index (Phi) is 14.4. The van der Waals surface area contributed by atoms with Crippen LogP contribution >= 0.6 is 34.5 Å². The zero-order valence-corrected chi connectivity index (χ0v) is 40.5. The Labute approximate surface area is 408 Å². The largest absolute Gasteiger partial charge is 0.489 e. The Morgan fingerprint density at radius 2 is 1.62 bits per heavy atom. The number of nitrogens with zero attached hydrogens (tertiary/aromatic N) is 4. The second kappa shape index (κ2) is 20.4. The van der Waals surface area contributed by atoms with E-state index in [0.717, 1.165) is 37.9 Å². The topological polar surface area (TPSA) is 177 Å². The molecule has 0 saturated carbocycles. The number of methoxy groups -OCH3 is 1. The minimum Gasteiger partial charge on any atom is -0.489 e. The van der Waals surface area contributed by atoms with Gasteiger partial charge in [0.2, 0.25) is 11.8 Å². The number of carbonyl (C=O) groups is 3. The predicted molar refractivity (Wildman–Crippen MR) is 258 cm³/mol. The fourth-order valence-electron chi connectivity index (χ4n) is 8.07.